The molecule has 0 radical (unpaired) electrons. The number of carbonyl (C=O) groups is 1. The molecule has 1 aromatic heterocycles. The van der Waals surface area contributed by atoms with Gasteiger partial charge in [0.1, 0.15) is 16.4 Å². The van der Waals surface area contributed by atoms with Gasteiger partial charge in [-0.3, -0.25) is 0 Å². The Morgan fingerprint density at radius 1 is 1.23 bits per heavy atom. The highest BCUT2D eigenvalue weighted by atomic mass is 35.5. The maximum Gasteiger partial charge on any atom is 0.417 e. The lowest BCUT2D eigenvalue weighted by Crippen LogP contribution is -2.40. The molecule has 1 aromatic carbocycles. The molecule has 0 atom stereocenters. The van der Waals surface area contributed by atoms with E-state index in [0.717, 1.165) is 23.9 Å². The van der Waals surface area contributed by atoms with Crippen molar-refractivity contribution in [2.24, 2.45) is 0 Å². The van der Waals surface area contributed by atoms with E-state index in [1.54, 1.807) is 20.8 Å². The van der Waals surface area contributed by atoms with E-state index in [9.17, 15) is 22.4 Å². The first-order chi connectivity index (χ1) is 13.8. The maximum absolute atomic E-state index is 13.4. The highest BCUT2D eigenvalue weighted by Gasteiger charge is 2.35. The average molecular weight is 464 g/mol. The minimum Gasteiger partial charge on any atom is -0.444 e. The molecule has 2 aromatic rings. The van der Waals surface area contributed by atoms with E-state index in [4.69, 9.17) is 16.3 Å². The fourth-order valence-corrected chi connectivity index (χ4v) is 4.19. The normalized spacial score (nSPS) is 14.5. The van der Waals surface area contributed by atoms with Crippen molar-refractivity contribution in [2.75, 3.05) is 6.54 Å². The summed E-state index contributed by atoms with van der Waals surface area (Å²) in [5.41, 5.74) is -0.729. The van der Waals surface area contributed by atoms with Crippen LogP contribution in [0.5, 0.6) is 0 Å². The summed E-state index contributed by atoms with van der Waals surface area (Å²) in [6.07, 6.45) is -4.93. The Morgan fingerprint density at radius 2 is 1.93 bits per heavy atom. The van der Waals surface area contributed by atoms with Crippen molar-refractivity contribution in [3.63, 3.8) is 0 Å². The van der Waals surface area contributed by atoms with Gasteiger partial charge in [0.05, 0.1) is 17.8 Å². The van der Waals surface area contributed by atoms with Gasteiger partial charge in [0, 0.05) is 17.0 Å². The molecule has 2 heterocycles. The lowest BCUT2D eigenvalue weighted by atomic mass is 10.1. The Hall–Kier alpha value is -2.07. The Balaban J connectivity index is 1.91. The van der Waals surface area contributed by atoms with Gasteiger partial charge in [0.2, 0.25) is 5.28 Å². The number of halogens is 5. The molecular weight excluding hydrogens is 446 g/mol. The third kappa shape index (κ3) is 5.34. The monoisotopic (exact) mass is 463 g/mol. The highest BCUT2D eigenvalue weighted by molar-refractivity contribution is 7.99. The van der Waals surface area contributed by atoms with Crippen LogP contribution in [0.4, 0.5) is 22.4 Å². The Bertz CT molecular complexity index is 979. The lowest BCUT2D eigenvalue weighted by Gasteiger charge is -2.31. The van der Waals surface area contributed by atoms with Crippen LogP contribution in [0.2, 0.25) is 5.28 Å². The summed E-state index contributed by atoms with van der Waals surface area (Å²) in [4.78, 5) is 21.8. The van der Waals surface area contributed by atoms with Gasteiger partial charge in [-0.2, -0.15) is 13.2 Å². The van der Waals surface area contributed by atoms with Gasteiger partial charge < -0.3 is 9.64 Å². The van der Waals surface area contributed by atoms with Crippen LogP contribution in [0, 0.1) is 5.82 Å². The summed E-state index contributed by atoms with van der Waals surface area (Å²) in [5.74, 6) is -0.984. The van der Waals surface area contributed by atoms with Crippen molar-refractivity contribution in [1.29, 1.82) is 0 Å². The number of benzene rings is 1. The summed E-state index contributed by atoms with van der Waals surface area (Å²) in [7, 11) is 0. The summed E-state index contributed by atoms with van der Waals surface area (Å²) < 4.78 is 58.7. The van der Waals surface area contributed by atoms with E-state index >= 15 is 0 Å². The molecule has 0 unspecified atom stereocenters. The molecule has 1 aliphatic rings. The van der Waals surface area contributed by atoms with Crippen molar-refractivity contribution in [2.45, 2.75) is 55.4 Å². The number of nitrogens with zero attached hydrogens (tertiary/aromatic N) is 3. The van der Waals surface area contributed by atoms with Crippen LogP contribution in [-0.2, 0) is 23.9 Å². The third-order valence-electron chi connectivity index (χ3n) is 4.11. The van der Waals surface area contributed by atoms with E-state index < -0.39 is 29.3 Å². The number of alkyl halides is 3. The Kier molecular flexibility index (Phi) is 6.20. The topological polar surface area (TPSA) is 55.3 Å². The van der Waals surface area contributed by atoms with Crippen LogP contribution in [0.3, 0.4) is 0 Å². The molecule has 0 aliphatic carbocycles. The second-order valence-electron chi connectivity index (χ2n) is 7.62. The van der Waals surface area contributed by atoms with Crippen LogP contribution in [0.15, 0.2) is 28.1 Å². The SMILES string of the molecule is CC(C)(C)OC(=O)N1CCc2c(nc(Cl)nc2Sc2ccc(F)cc2C(F)(F)F)C1. The predicted molar refractivity (Wildman–Crippen MR) is 103 cm³/mol. The molecular formula is C19H18ClF4N3O2S. The first-order valence-electron chi connectivity index (χ1n) is 8.91. The van der Waals surface area contributed by atoms with Gasteiger partial charge in [-0.15, -0.1) is 0 Å². The first kappa shape index (κ1) is 22.6. The molecule has 11 heteroatoms. The summed E-state index contributed by atoms with van der Waals surface area (Å²) >= 11 is 6.73. The molecule has 0 bridgehead atoms. The molecule has 1 aliphatic heterocycles. The molecule has 0 N–H and O–H groups in total. The minimum atomic E-state index is -4.73. The Labute approximate surface area is 179 Å². The van der Waals surface area contributed by atoms with Crippen molar-refractivity contribution in [3.05, 3.63) is 46.1 Å². The van der Waals surface area contributed by atoms with Crippen LogP contribution in [-0.4, -0.2) is 33.1 Å². The lowest BCUT2D eigenvalue weighted by molar-refractivity contribution is -0.139. The highest BCUT2D eigenvalue weighted by Crippen LogP contribution is 2.41. The second-order valence-corrected chi connectivity index (χ2v) is 8.98. The predicted octanol–water partition coefficient (Wildman–Crippen LogP) is 5.73. The zero-order chi connectivity index (χ0) is 22.3. The van der Waals surface area contributed by atoms with E-state index in [0.29, 0.717) is 23.7 Å². The largest absolute Gasteiger partial charge is 0.444 e. The molecule has 0 saturated heterocycles. The number of fused-ring (bicyclic) bond motifs is 1. The quantitative estimate of drug-likeness (QED) is 0.323. The molecule has 30 heavy (non-hydrogen) atoms. The maximum atomic E-state index is 13.4. The van der Waals surface area contributed by atoms with Gasteiger partial charge >= 0.3 is 12.3 Å². The number of carbonyl (C=O) groups excluding carboxylic acids is 1. The van der Waals surface area contributed by atoms with Crippen LogP contribution in [0.25, 0.3) is 0 Å². The number of hydrogen-bond acceptors (Lipinski definition) is 5. The van der Waals surface area contributed by atoms with Crippen molar-refractivity contribution in [1.82, 2.24) is 14.9 Å². The van der Waals surface area contributed by atoms with Gasteiger partial charge in [0.25, 0.3) is 0 Å². The van der Waals surface area contributed by atoms with Crippen molar-refractivity contribution in [3.8, 4) is 0 Å². The zero-order valence-electron chi connectivity index (χ0n) is 16.3. The average Bonchev–Trinajstić information content (AvgIpc) is 2.60. The number of hydrogen-bond donors (Lipinski definition) is 0. The molecule has 0 fully saturated rings. The zero-order valence-corrected chi connectivity index (χ0v) is 17.9. The van der Waals surface area contributed by atoms with Gasteiger partial charge in [-0.1, -0.05) is 11.8 Å². The number of amides is 1. The minimum absolute atomic E-state index is 0.0928. The molecule has 162 valence electrons. The smallest absolute Gasteiger partial charge is 0.417 e. The summed E-state index contributed by atoms with van der Waals surface area (Å²) in [6, 6.07) is 2.46. The molecule has 1 amide bonds. The van der Waals surface area contributed by atoms with E-state index in [2.05, 4.69) is 9.97 Å². The van der Waals surface area contributed by atoms with E-state index in [-0.39, 0.29) is 28.3 Å². The van der Waals surface area contributed by atoms with Gasteiger partial charge in [-0.25, -0.2) is 19.2 Å². The van der Waals surface area contributed by atoms with Gasteiger partial charge in [0.15, 0.2) is 0 Å². The number of ether oxygens (including phenoxy) is 1. The molecule has 0 saturated carbocycles. The van der Waals surface area contributed by atoms with E-state index in [1.807, 2.05) is 0 Å². The second kappa shape index (κ2) is 8.22. The standard InChI is InChI=1S/C19H18ClF4N3O2S/c1-18(2,3)29-17(28)27-7-6-11-13(9-27)25-16(20)26-15(11)30-14-5-4-10(21)8-12(14)19(22,23)24/h4-5,8H,6-7,9H2,1-3H3. The van der Waals surface area contributed by atoms with Crippen molar-refractivity contribution >= 4 is 29.5 Å². The molecule has 3 rings (SSSR count). The number of rotatable bonds is 2. The molecule has 0 spiro atoms. The van der Waals surface area contributed by atoms with Gasteiger partial charge in [-0.05, 0) is 57.0 Å². The first-order valence-corrected chi connectivity index (χ1v) is 10.1. The third-order valence-corrected chi connectivity index (χ3v) is 5.38. The van der Waals surface area contributed by atoms with Crippen LogP contribution >= 0.6 is 23.4 Å². The van der Waals surface area contributed by atoms with Crippen molar-refractivity contribution < 1.29 is 27.1 Å². The van der Waals surface area contributed by atoms with E-state index in [1.165, 1.54) is 4.90 Å². The molecule has 5 nitrogen and oxygen atoms in total. The fraction of sp³-hybridized carbons (Fsp3) is 0.421. The summed E-state index contributed by atoms with van der Waals surface area (Å²) in [6.45, 7) is 5.62. The van der Waals surface area contributed by atoms with Crippen LogP contribution < -0.4 is 0 Å². The fourth-order valence-electron chi connectivity index (χ4n) is 2.85. The Morgan fingerprint density at radius 3 is 2.57 bits per heavy atom. The summed E-state index contributed by atoms with van der Waals surface area (Å²) in [5, 5.41) is 0.0869. The number of aromatic nitrogens is 2. The van der Waals surface area contributed by atoms with Crippen LogP contribution in [0.1, 0.15) is 37.6 Å².